The van der Waals surface area contributed by atoms with E-state index in [9.17, 15) is 0 Å². The number of hydrogen-bond donors (Lipinski definition) is 2. The third kappa shape index (κ3) is 4.90. The first-order chi connectivity index (χ1) is 8.69. The van der Waals surface area contributed by atoms with Gasteiger partial charge >= 0.3 is 0 Å². The number of aryl methyl sites for hydroxylation is 1. The van der Waals surface area contributed by atoms with Gasteiger partial charge in [-0.2, -0.15) is 0 Å². The zero-order chi connectivity index (χ0) is 13.4. The first-order valence-electron chi connectivity index (χ1n) is 7.07. The second-order valence-corrected chi connectivity index (χ2v) is 4.67. The maximum Gasteiger partial charge on any atom is 0.133 e. The highest BCUT2D eigenvalue weighted by Crippen LogP contribution is 2.14. The summed E-state index contributed by atoms with van der Waals surface area (Å²) in [7, 11) is 0. The molecule has 102 valence electrons. The lowest BCUT2D eigenvalue weighted by molar-refractivity contribution is 0.685. The van der Waals surface area contributed by atoms with E-state index in [0.29, 0.717) is 6.04 Å². The predicted octanol–water partition coefficient (Wildman–Crippen LogP) is 3.46. The summed E-state index contributed by atoms with van der Waals surface area (Å²) < 4.78 is 0. The van der Waals surface area contributed by atoms with E-state index in [2.05, 4.69) is 48.3 Å². The molecule has 0 aliphatic heterocycles. The minimum atomic E-state index is 0.453. The molecule has 1 aromatic heterocycles. The van der Waals surface area contributed by atoms with Crippen molar-refractivity contribution < 1.29 is 0 Å². The van der Waals surface area contributed by atoms with Crippen LogP contribution in [0.25, 0.3) is 0 Å². The lowest BCUT2D eigenvalue weighted by Gasteiger charge is -2.15. The summed E-state index contributed by atoms with van der Waals surface area (Å²) in [4.78, 5) is 9.07. The first-order valence-corrected chi connectivity index (χ1v) is 7.07. The smallest absolute Gasteiger partial charge is 0.133 e. The van der Waals surface area contributed by atoms with Gasteiger partial charge in [0.15, 0.2) is 0 Å². The summed E-state index contributed by atoms with van der Waals surface area (Å²) >= 11 is 0. The lowest BCUT2D eigenvalue weighted by atomic mass is 10.2. The second-order valence-electron chi connectivity index (χ2n) is 4.67. The van der Waals surface area contributed by atoms with Gasteiger partial charge in [0.25, 0.3) is 0 Å². The zero-order valence-electron chi connectivity index (χ0n) is 12.1. The molecule has 0 amide bonds. The molecule has 0 radical (unpaired) electrons. The van der Waals surface area contributed by atoms with Crippen LogP contribution >= 0.6 is 0 Å². The zero-order valence-corrected chi connectivity index (χ0v) is 12.1. The van der Waals surface area contributed by atoms with E-state index in [1.165, 1.54) is 6.42 Å². The van der Waals surface area contributed by atoms with Crippen LogP contribution in [-0.2, 0) is 6.42 Å². The fraction of sp³-hybridized carbons (Fsp3) is 0.714. The van der Waals surface area contributed by atoms with E-state index in [4.69, 9.17) is 0 Å². The van der Waals surface area contributed by atoms with Gasteiger partial charge in [0.1, 0.15) is 17.5 Å². The number of hydrogen-bond acceptors (Lipinski definition) is 4. The maximum absolute atomic E-state index is 4.57. The van der Waals surface area contributed by atoms with Crippen LogP contribution in [-0.4, -0.2) is 22.6 Å². The molecule has 0 spiro atoms. The van der Waals surface area contributed by atoms with Gasteiger partial charge in [0.05, 0.1) is 0 Å². The molecule has 4 heteroatoms. The van der Waals surface area contributed by atoms with Crippen LogP contribution < -0.4 is 10.6 Å². The molecular formula is C14H26N4. The van der Waals surface area contributed by atoms with Crippen LogP contribution in [0.5, 0.6) is 0 Å². The van der Waals surface area contributed by atoms with Crippen LogP contribution in [0.1, 0.15) is 52.8 Å². The van der Waals surface area contributed by atoms with Crippen molar-refractivity contribution in [2.24, 2.45) is 0 Å². The standard InChI is InChI=1S/C14H26N4/c1-5-8-11(4)16-14-10-13(15-7-3)17-12(18-14)9-6-2/h10-11H,5-9H2,1-4H3,(H2,15,16,17,18). The number of anilines is 2. The van der Waals surface area contributed by atoms with E-state index in [1.54, 1.807) is 0 Å². The molecule has 1 aromatic rings. The van der Waals surface area contributed by atoms with Crippen molar-refractivity contribution >= 4 is 11.6 Å². The van der Waals surface area contributed by atoms with E-state index in [0.717, 1.165) is 43.3 Å². The van der Waals surface area contributed by atoms with Crippen LogP contribution in [0.3, 0.4) is 0 Å². The molecule has 1 heterocycles. The minimum absolute atomic E-state index is 0.453. The highest BCUT2D eigenvalue weighted by Gasteiger charge is 2.06. The topological polar surface area (TPSA) is 49.8 Å². The highest BCUT2D eigenvalue weighted by molar-refractivity contribution is 5.48. The van der Waals surface area contributed by atoms with Gasteiger partial charge in [-0.05, 0) is 26.7 Å². The summed E-state index contributed by atoms with van der Waals surface area (Å²) in [5.74, 6) is 2.77. The molecule has 4 nitrogen and oxygen atoms in total. The average molecular weight is 250 g/mol. The quantitative estimate of drug-likeness (QED) is 0.742. The third-order valence-electron chi connectivity index (χ3n) is 2.72. The van der Waals surface area contributed by atoms with E-state index < -0.39 is 0 Å². The Labute approximate surface area is 111 Å². The molecule has 0 saturated heterocycles. The minimum Gasteiger partial charge on any atom is -0.370 e. The van der Waals surface area contributed by atoms with Crippen LogP contribution in [0, 0.1) is 0 Å². The Kier molecular flexibility index (Phi) is 6.47. The number of nitrogens with zero attached hydrogens (tertiary/aromatic N) is 2. The first kappa shape index (κ1) is 14.7. The van der Waals surface area contributed by atoms with Gasteiger partial charge in [-0.25, -0.2) is 9.97 Å². The van der Waals surface area contributed by atoms with Gasteiger partial charge in [0.2, 0.25) is 0 Å². The van der Waals surface area contributed by atoms with Gasteiger partial charge in [0, 0.05) is 25.1 Å². The number of aromatic nitrogens is 2. The summed E-state index contributed by atoms with van der Waals surface area (Å²) in [6, 6.07) is 2.45. The predicted molar refractivity (Wildman–Crippen MR) is 78.2 cm³/mol. The molecule has 0 aliphatic carbocycles. The number of rotatable bonds is 8. The second kappa shape index (κ2) is 7.90. The number of nitrogens with one attached hydrogen (secondary N) is 2. The molecule has 0 fully saturated rings. The van der Waals surface area contributed by atoms with Crippen molar-refractivity contribution in [1.82, 2.24) is 9.97 Å². The molecular weight excluding hydrogens is 224 g/mol. The van der Waals surface area contributed by atoms with Crippen molar-refractivity contribution in [3.8, 4) is 0 Å². The lowest BCUT2D eigenvalue weighted by Crippen LogP contribution is -2.17. The van der Waals surface area contributed by atoms with E-state index in [-0.39, 0.29) is 0 Å². The molecule has 1 rings (SSSR count). The highest BCUT2D eigenvalue weighted by atomic mass is 15.1. The van der Waals surface area contributed by atoms with Crippen LogP contribution in [0.15, 0.2) is 6.07 Å². The molecule has 0 saturated carbocycles. The van der Waals surface area contributed by atoms with E-state index in [1.807, 2.05) is 6.07 Å². The molecule has 0 aromatic carbocycles. The normalized spacial score (nSPS) is 12.2. The summed E-state index contributed by atoms with van der Waals surface area (Å²) in [5.41, 5.74) is 0. The summed E-state index contributed by atoms with van der Waals surface area (Å²) in [6.45, 7) is 9.50. The SMILES string of the molecule is CCCc1nc(NCC)cc(NC(C)CCC)n1. The molecule has 2 N–H and O–H groups in total. The molecule has 0 aliphatic rings. The Morgan fingerprint density at radius 3 is 2.44 bits per heavy atom. The van der Waals surface area contributed by atoms with Gasteiger partial charge in [-0.1, -0.05) is 20.3 Å². The molecule has 18 heavy (non-hydrogen) atoms. The summed E-state index contributed by atoms with van der Waals surface area (Å²) in [6.07, 6.45) is 4.33. The summed E-state index contributed by atoms with van der Waals surface area (Å²) in [5, 5.41) is 6.71. The molecule has 1 unspecified atom stereocenters. The molecule has 1 atom stereocenters. The van der Waals surface area contributed by atoms with E-state index >= 15 is 0 Å². The van der Waals surface area contributed by atoms with Crippen molar-refractivity contribution in [1.29, 1.82) is 0 Å². The maximum atomic E-state index is 4.57. The Morgan fingerprint density at radius 1 is 1.11 bits per heavy atom. The van der Waals surface area contributed by atoms with Gasteiger partial charge in [-0.3, -0.25) is 0 Å². The van der Waals surface area contributed by atoms with Gasteiger partial charge in [-0.15, -0.1) is 0 Å². The Hall–Kier alpha value is -1.32. The van der Waals surface area contributed by atoms with Crippen molar-refractivity contribution in [2.75, 3.05) is 17.2 Å². The third-order valence-corrected chi connectivity index (χ3v) is 2.72. The Balaban J connectivity index is 2.81. The molecule has 0 bridgehead atoms. The Morgan fingerprint density at radius 2 is 1.83 bits per heavy atom. The van der Waals surface area contributed by atoms with Crippen LogP contribution in [0.4, 0.5) is 11.6 Å². The largest absolute Gasteiger partial charge is 0.370 e. The van der Waals surface area contributed by atoms with Crippen molar-refractivity contribution in [3.63, 3.8) is 0 Å². The van der Waals surface area contributed by atoms with Gasteiger partial charge < -0.3 is 10.6 Å². The van der Waals surface area contributed by atoms with Crippen molar-refractivity contribution in [3.05, 3.63) is 11.9 Å². The monoisotopic (exact) mass is 250 g/mol. The fourth-order valence-corrected chi connectivity index (χ4v) is 1.94. The average Bonchev–Trinajstić information content (AvgIpc) is 2.29. The fourth-order valence-electron chi connectivity index (χ4n) is 1.94. The van der Waals surface area contributed by atoms with Crippen LogP contribution in [0.2, 0.25) is 0 Å². The van der Waals surface area contributed by atoms with Crippen molar-refractivity contribution in [2.45, 2.75) is 59.4 Å². The Bertz CT molecular complexity index is 327.